The van der Waals surface area contributed by atoms with Gasteiger partial charge in [0.15, 0.2) is 0 Å². The molecular formula is C15H20N2S. The minimum absolute atomic E-state index is 0.377. The van der Waals surface area contributed by atoms with Crippen molar-refractivity contribution in [3.05, 3.63) is 51.5 Å². The third-order valence-corrected chi connectivity index (χ3v) is 4.14. The maximum atomic E-state index is 4.36. The van der Waals surface area contributed by atoms with Crippen LogP contribution in [0.1, 0.15) is 34.0 Å². The topological polar surface area (TPSA) is 24.9 Å². The Balaban J connectivity index is 2.19. The molecule has 0 bridgehead atoms. The highest BCUT2D eigenvalue weighted by Crippen LogP contribution is 2.25. The molecular weight excluding hydrogens is 240 g/mol. The Hall–Kier alpha value is -1.19. The Morgan fingerprint density at radius 3 is 2.67 bits per heavy atom. The van der Waals surface area contributed by atoms with Crippen LogP contribution in [0.25, 0.3) is 0 Å². The number of aromatic nitrogens is 1. The van der Waals surface area contributed by atoms with Crippen molar-refractivity contribution in [3.8, 4) is 0 Å². The van der Waals surface area contributed by atoms with Gasteiger partial charge in [0.2, 0.25) is 0 Å². The summed E-state index contributed by atoms with van der Waals surface area (Å²) in [5.74, 6) is 0. The average Bonchev–Trinajstić information content (AvgIpc) is 2.78. The van der Waals surface area contributed by atoms with Gasteiger partial charge in [-0.2, -0.15) is 0 Å². The predicted octanol–water partition coefficient (Wildman–Crippen LogP) is 3.65. The first kappa shape index (κ1) is 13.2. The molecule has 0 saturated carbocycles. The molecule has 3 heteroatoms. The van der Waals surface area contributed by atoms with Crippen molar-refractivity contribution in [2.75, 3.05) is 6.54 Å². The zero-order chi connectivity index (χ0) is 13.0. The van der Waals surface area contributed by atoms with E-state index in [0.717, 1.165) is 18.0 Å². The molecule has 1 aromatic heterocycles. The molecule has 1 N–H and O–H groups in total. The lowest BCUT2D eigenvalue weighted by Gasteiger charge is -2.17. The summed E-state index contributed by atoms with van der Waals surface area (Å²) < 4.78 is 0. The first-order chi connectivity index (χ1) is 8.70. The Labute approximate surface area is 113 Å². The van der Waals surface area contributed by atoms with Crippen LogP contribution in [0.5, 0.6) is 0 Å². The van der Waals surface area contributed by atoms with E-state index in [4.69, 9.17) is 0 Å². The Morgan fingerprint density at radius 1 is 1.28 bits per heavy atom. The number of nitrogens with zero attached hydrogens (tertiary/aromatic N) is 1. The van der Waals surface area contributed by atoms with Crippen molar-refractivity contribution >= 4 is 11.3 Å². The van der Waals surface area contributed by atoms with Crippen molar-refractivity contribution in [2.24, 2.45) is 0 Å². The minimum atomic E-state index is 0.377. The summed E-state index contributed by atoms with van der Waals surface area (Å²) >= 11 is 1.79. The summed E-state index contributed by atoms with van der Waals surface area (Å²) in [4.78, 5) is 5.69. The maximum Gasteiger partial charge on any atom is 0.0897 e. The van der Waals surface area contributed by atoms with Crippen LogP contribution in [0.2, 0.25) is 0 Å². The first-order valence-corrected chi connectivity index (χ1v) is 7.22. The largest absolute Gasteiger partial charge is 0.309 e. The van der Waals surface area contributed by atoms with Gasteiger partial charge in [0.1, 0.15) is 0 Å². The molecule has 0 aliphatic rings. The number of rotatable bonds is 5. The molecule has 1 heterocycles. The van der Waals surface area contributed by atoms with Gasteiger partial charge < -0.3 is 5.32 Å². The van der Waals surface area contributed by atoms with Crippen LogP contribution < -0.4 is 5.32 Å². The molecule has 18 heavy (non-hydrogen) atoms. The second-order valence-corrected chi connectivity index (χ2v) is 5.79. The molecule has 0 spiro atoms. The summed E-state index contributed by atoms with van der Waals surface area (Å²) in [6, 6.07) is 8.98. The summed E-state index contributed by atoms with van der Waals surface area (Å²) in [7, 11) is 0. The van der Waals surface area contributed by atoms with Gasteiger partial charge >= 0.3 is 0 Å². The number of thiazole rings is 1. The van der Waals surface area contributed by atoms with Gasteiger partial charge in [-0.25, -0.2) is 4.98 Å². The Bertz CT molecular complexity index is 505. The number of nitrogens with one attached hydrogen (secondary N) is 1. The summed E-state index contributed by atoms with van der Waals surface area (Å²) in [6.45, 7) is 7.37. The van der Waals surface area contributed by atoms with Crippen LogP contribution in [0.4, 0.5) is 0 Å². The Morgan fingerprint density at radius 2 is 2.06 bits per heavy atom. The van der Waals surface area contributed by atoms with Gasteiger partial charge in [-0.1, -0.05) is 31.2 Å². The van der Waals surface area contributed by atoms with E-state index in [-0.39, 0.29) is 0 Å². The highest BCUT2D eigenvalue weighted by atomic mass is 32.1. The standard InChI is InChI=1S/C15H20N2S/c1-4-16-14(15-10-17-12(3)18-15)9-13-8-6-5-7-11(13)2/h5-8,10,14,16H,4,9H2,1-3H3. The fourth-order valence-corrected chi connectivity index (χ4v) is 2.98. The van der Waals surface area contributed by atoms with Gasteiger partial charge in [0.05, 0.1) is 5.01 Å². The van der Waals surface area contributed by atoms with E-state index < -0.39 is 0 Å². The monoisotopic (exact) mass is 260 g/mol. The lowest BCUT2D eigenvalue weighted by atomic mass is 10.0. The van der Waals surface area contributed by atoms with Gasteiger partial charge in [0, 0.05) is 17.1 Å². The quantitative estimate of drug-likeness (QED) is 0.887. The van der Waals surface area contributed by atoms with Crippen molar-refractivity contribution in [1.29, 1.82) is 0 Å². The number of likely N-dealkylation sites (N-methyl/N-ethyl adjacent to an activating group) is 1. The van der Waals surface area contributed by atoms with Crippen LogP contribution in [0, 0.1) is 13.8 Å². The fourth-order valence-electron chi connectivity index (χ4n) is 2.12. The number of aryl methyl sites for hydroxylation is 2. The van der Waals surface area contributed by atoms with Gasteiger partial charge in [-0.15, -0.1) is 11.3 Å². The lowest BCUT2D eigenvalue weighted by molar-refractivity contribution is 0.556. The molecule has 0 aliphatic carbocycles. The molecule has 0 saturated heterocycles. The molecule has 1 atom stereocenters. The minimum Gasteiger partial charge on any atom is -0.309 e. The molecule has 2 aromatic rings. The highest BCUT2D eigenvalue weighted by molar-refractivity contribution is 7.11. The SMILES string of the molecule is CCNC(Cc1ccccc1C)c1cnc(C)s1. The fraction of sp³-hybridized carbons (Fsp3) is 0.400. The van der Waals surface area contributed by atoms with Gasteiger partial charge in [-0.05, 0) is 37.9 Å². The molecule has 1 aromatic carbocycles. The van der Waals surface area contributed by atoms with Crippen LogP contribution in [-0.2, 0) is 6.42 Å². The van der Waals surface area contributed by atoms with Gasteiger partial charge in [0.25, 0.3) is 0 Å². The van der Waals surface area contributed by atoms with E-state index in [1.165, 1.54) is 16.0 Å². The summed E-state index contributed by atoms with van der Waals surface area (Å²) in [5.41, 5.74) is 2.77. The summed E-state index contributed by atoms with van der Waals surface area (Å²) in [6.07, 6.45) is 3.04. The van der Waals surface area contributed by atoms with Crippen molar-refractivity contribution in [3.63, 3.8) is 0 Å². The van der Waals surface area contributed by atoms with Crippen LogP contribution in [0.3, 0.4) is 0 Å². The van der Waals surface area contributed by atoms with E-state index in [9.17, 15) is 0 Å². The summed E-state index contributed by atoms with van der Waals surface area (Å²) in [5, 5.41) is 4.70. The third kappa shape index (κ3) is 3.18. The van der Waals surface area contributed by atoms with Crippen molar-refractivity contribution in [1.82, 2.24) is 10.3 Å². The molecule has 2 nitrogen and oxygen atoms in total. The van der Waals surface area contributed by atoms with E-state index in [2.05, 4.69) is 55.3 Å². The zero-order valence-corrected chi connectivity index (χ0v) is 12.1. The smallest absolute Gasteiger partial charge is 0.0897 e. The zero-order valence-electron chi connectivity index (χ0n) is 11.2. The van der Waals surface area contributed by atoms with Crippen molar-refractivity contribution in [2.45, 2.75) is 33.2 Å². The Kier molecular flexibility index (Phi) is 4.50. The number of hydrogen-bond acceptors (Lipinski definition) is 3. The molecule has 0 aliphatic heterocycles. The third-order valence-electron chi connectivity index (χ3n) is 3.12. The normalized spacial score (nSPS) is 12.6. The predicted molar refractivity (Wildman–Crippen MR) is 78.2 cm³/mol. The maximum absolute atomic E-state index is 4.36. The molecule has 96 valence electrons. The number of benzene rings is 1. The molecule has 0 amide bonds. The molecule has 0 fully saturated rings. The molecule has 2 rings (SSSR count). The molecule has 1 unspecified atom stereocenters. The number of hydrogen-bond donors (Lipinski definition) is 1. The van der Waals surface area contributed by atoms with Crippen LogP contribution in [0.15, 0.2) is 30.5 Å². The van der Waals surface area contributed by atoms with Gasteiger partial charge in [-0.3, -0.25) is 0 Å². The van der Waals surface area contributed by atoms with Crippen molar-refractivity contribution < 1.29 is 0 Å². The van der Waals surface area contributed by atoms with E-state index in [1.54, 1.807) is 11.3 Å². The first-order valence-electron chi connectivity index (χ1n) is 6.41. The second-order valence-electron chi connectivity index (χ2n) is 4.52. The molecule has 0 radical (unpaired) electrons. The van der Waals surface area contributed by atoms with E-state index in [0.29, 0.717) is 6.04 Å². The second kappa shape index (κ2) is 6.12. The van der Waals surface area contributed by atoms with E-state index in [1.807, 2.05) is 6.20 Å². The lowest BCUT2D eigenvalue weighted by Crippen LogP contribution is -2.22. The van der Waals surface area contributed by atoms with Crippen LogP contribution in [-0.4, -0.2) is 11.5 Å². The highest BCUT2D eigenvalue weighted by Gasteiger charge is 2.14. The average molecular weight is 260 g/mol. The van der Waals surface area contributed by atoms with Crippen LogP contribution >= 0.6 is 11.3 Å². The van der Waals surface area contributed by atoms with E-state index >= 15 is 0 Å².